The van der Waals surface area contributed by atoms with E-state index >= 15 is 0 Å². The summed E-state index contributed by atoms with van der Waals surface area (Å²) < 4.78 is 5.38. The van der Waals surface area contributed by atoms with Gasteiger partial charge in [-0.05, 0) is 26.2 Å². The van der Waals surface area contributed by atoms with Gasteiger partial charge in [-0.25, -0.2) is 4.79 Å². The van der Waals surface area contributed by atoms with Gasteiger partial charge in [0.25, 0.3) is 0 Å². The molecule has 0 unspecified atom stereocenters. The molecule has 1 saturated carbocycles. The van der Waals surface area contributed by atoms with Crippen molar-refractivity contribution in [3.05, 3.63) is 0 Å². The number of carboxylic acids is 1. The molecular formula is C11H20N2O4. The molecular weight excluding hydrogens is 224 g/mol. The van der Waals surface area contributed by atoms with Crippen LogP contribution in [-0.4, -0.2) is 42.4 Å². The number of hydrogen-bond donors (Lipinski definition) is 3. The molecule has 0 spiro atoms. The van der Waals surface area contributed by atoms with E-state index in [-0.39, 0.29) is 24.6 Å². The normalized spacial score (nSPS) is 22.6. The van der Waals surface area contributed by atoms with Gasteiger partial charge in [0.15, 0.2) is 0 Å². The van der Waals surface area contributed by atoms with Crippen molar-refractivity contribution in [2.24, 2.45) is 0 Å². The summed E-state index contributed by atoms with van der Waals surface area (Å²) in [7, 11) is 0. The van der Waals surface area contributed by atoms with E-state index in [4.69, 9.17) is 9.84 Å². The first-order chi connectivity index (χ1) is 8.11. The van der Waals surface area contributed by atoms with Gasteiger partial charge < -0.3 is 20.5 Å². The molecule has 0 bridgehead atoms. The summed E-state index contributed by atoms with van der Waals surface area (Å²) in [6.07, 6.45) is 2.52. The predicted octanol–water partition coefficient (Wildman–Crippen LogP) is 0.718. The fourth-order valence-electron chi connectivity index (χ4n) is 1.73. The second kappa shape index (κ2) is 7.11. The lowest BCUT2D eigenvalue weighted by atomic mass is 9.89. The van der Waals surface area contributed by atoms with Crippen molar-refractivity contribution < 1.29 is 19.4 Å². The number of carbonyl (C=O) groups is 2. The molecule has 0 aromatic carbocycles. The highest BCUT2D eigenvalue weighted by molar-refractivity contribution is 5.74. The molecule has 0 heterocycles. The Balaban J connectivity index is 1.97. The molecule has 0 aromatic rings. The highest BCUT2D eigenvalue weighted by Crippen LogP contribution is 2.22. The van der Waals surface area contributed by atoms with Gasteiger partial charge in [-0.3, -0.25) is 4.79 Å². The van der Waals surface area contributed by atoms with Crippen molar-refractivity contribution in [1.82, 2.24) is 10.6 Å². The highest BCUT2D eigenvalue weighted by Gasteiger charge is 2.30. The van der Waals surface area contributed by atoms with Crippen LogP contribution in [0, 0.1) is 0 Å². The summed E-state index contributed by atoms with van der Waals surface area (Å²) in [5.74, 6) is -0.842. The molecule has 0 saturated heterocycles. The first-order valence-electron chi connectivity index (χ1n) is 5.99. The Morgan fingerprint density at radius 2 is 2.12 bits per heavy atom. The SMILES string of the molecule is CCOC1CC(NC(=O)NCCCC(=O)O)C1. The average molecular weight is 244 g/mol. The second-order valence-corrected chi connectivity index (χ2v) is 4.14. The lowest BCUT2D eigenvalue weighted by molar-refractivity contribution is -0.137. The van der Waals surface area contributed by atoms with Crippen LogP contribution in [0.1, 0.15) is 32.6 Å². The average Bonchev–Trinajstić information content (AvgIpc) is 2.21. The lowest BCUT2D eigenvalue weighted by Gasteiger charge is -2.35. The van der Waals surface area contributed by atoms with Crippen LogP contribution in [0.25, 0.3) is 0 Å². The third-order valence-corrected chi connectivity index (χ3v) is 2.69. The molecule has 2 amide bonds. The molecule has 6 nitrogen and oxygen atoms in total. The van der Waals surface area contributed by atoms with E-state index in [1.165, 1.54) is 0 Å². The van der Waals surface area contributed by atoms with Gasteiger partial charge in [0, 0.05) is 25.6 Å². The summed E-state index contributed by atoms with van der Waals surface area (Å²) in [6, 6.07) is -0.0404. The largest absolute Gasteiger partial charge is 0.481 e. The Labute approximate surface area is 101 Å². The summed E-state index contributed by atoms with van der Waals surface area (Å²) in [6.45, 7) is 3.05. The van der Waals surface area contributed by atoms with Gasteiger partial charge in [0.2, 0.25) is 0 Å². The van der Waals surface area contributed by atoms with E-state index in [9.17, 15) is 9.59 Å². The molecule has 1 rings (SSSR count). The van der Waals surface area contributed by atoms with Crippen molar-refractivity contribution in [2.45, 2.75) is 44.8 Å². The smallest absolute Gasteiger partial charge is 0.315 e. The van der Waals surface area contributed by atoms with Crippen molar-refractivity contribution in [1.29, 1.82) is 0 Å². The van der Waals surface area contributed by atoms with Crippen LogP contribution in [0.15, 0.2) is 0 Å². The van der Waals surface area contributed by atoms with E-state index in [0.29, 0.717) is 19.6 Å². The standard InChI is InChI=1S/C11H20N2O4/c1-2-17-9-6-8(7-9)13-11(16)12-5-3-4-10(14)15/h8-9H,2-7H2,1H3,(H,14,15)(H2,12,13,16). The van der Waals surface area contributed by atoms with Crippen molar-refractivity contribution >= 4 is 12.0 Å². The van der Waals surface area contributed by atoms with Gasteiger partial charge in [0.05, 0.1) is 6.10 Å². The first kappa shape index (κ1) is 13.8. The maximum atomic E-state index is 11.3. The minimum absolute atomic E-state index is 0.0795. The van der Waals surface area contributed by atoms with Gasteiger partial charge in [-0.15, -0.1) is 0 Å². The molecule has 17 heavy (non-hydrogen) atoms. The zero-order chi connectivity index (χ0) is 12.7. The van der Waals surface area contributed by atoms with Crippen molar-refractivity contribution in [3.8, 4) is 0 Å². The lowest BCUT2D eigenvalue weighted by Crippen LogP contribution is -2.51. The minimum Gasteiger partial charge on any atom is -0.481 e. The molecule has 0 radical (unpaired) electrons. The number of hydrogen-bond acceptors (Lipinski definition) is 3. The van der Waals surface area contributed by atoms with Crippen LogP contribution in [0.4, 0.5) is 4.79 Å². The Hall–Kier alpha value is -1.30. The Morgan fingerprint density at radius 3 is 2.71 bits per heavy atom. The molecule has 1 aliphatic carbocycles. The monoisotopic (exact) mass is 244 g/mol. The maximum Gasteiger partial charge on any atom is 0.315 e. The van der Waals surface area contributed by atoms with Gasteiger partial charge in [-0.1, -0.05) is 0 Å². The first-order valence-corrected chi connectivity index (χ1v) is 5.99. The van der Waals surface area contributed by atoms with Crippen LogP contribution in [-0.2, 0) is 9.53 Å². The third kappa shape index (κ3) is 5.53. The predicted molar refractivity (Wildman–Crippen MR) is 61.8 cm³/mol. The maximum absolute atomic E-state index is 11.3. The summed E-state index contributed by atoms with van der Waals surface area (Å²) >= 11 is 0. The van der Waals surface area contributed by atoms with E-state index in [0.717, 1.165) is 12.8 Å². The number of amides is 2. The van der Waals surface area contributed by atoms with Gasteiger partial charge >= 0.3 is 12.0 Å². The molecule has 1 aliphatic rings. The molecule has 0 aliphatic heterocycles. The molecule has 1 fully saturated rings. The number of carbonyl (C=O) groups excluding carboxylic acids is 1. The number of nitrogens with one attached hydrogen (secondary N) is 2. The Morgan fingerprint density at radius 1 is 1.41 bits per heavy atom. The number of urea groups is 1. The topological polar surface area (TPSA) is 87.7 Å². The van der Waals surface area contributed by atoms with Crippen LogP contribution in [0.2, 0.25) is 0 Å². The highest BCUT2D eigenvalue weighted by atomic mass is 16.5. The van der Waals surface area contributed by atoms with Crippen LogP contribution in [0.5, 0.6) is 0 Å². The quantitative estimate of drug-likeness (QED) is 0.576. The van der Waals surface area contributed by atoms with E-state index in [2.05, 4.69) is 10.6 Å². The molecule has 6 heteroatoms. The molecule has 98 valence electrons. The van der Waals surface area contributed by atoms with E-state index in [1.807, 2.05) is 6.92 Å². The molecule has 0 atom stereocenters. The van der Waals surface area contributed by atoms with Crippen molar-refractivity contribution in [2.75, 3.05) is 13.2 Å². The zero-order valence-electron chi connectivity index (χ0n) is 10.1. The summed E-state index contributed by atoms with van der Waals surface area (Å²) in [5.41, 5.74) is 0. The van der Waals surface area contributed by atoms with E-state index < -0.39 is 5.97 Å². The summed E-state index contributed by atoms with van der Waals surface area (Å²) in [4.78, 5) is 21.6. The van der Waals surface area contributed by atoms with Crippen molar-refractivity contribution in [3.63, 3.8) is 0 Å². The molecule has 0 aromatic heterocycles. The van der Waals surface area contributed by atoms with Crippen LogP contribution >= 0.6 is 0 Å². The number of aliphatic carboxylic acids is 1. The van der Waals surface area contributed by atoms with Crippen LogP contribution < -0.4 is 10.6 Å². The second-order valence-electron chi connectivity index (χ2n) is 4.14. The minimum atomic E-state index is -0.842. The number of carboxylic acid groups (broad SMARTS) is 1. The Kier molecular flexibility index (Phi) is 5.76. The fourth-order valence-corrected chi connectivity index (χ4v) is 1.73. The fraction of sp³-hybridized carbons (Fsp3) is 0.818. The zero-order valence-corrected chi connectivity index (χ0v) is 10.1. The number of rotatable bonds is 7. The Bertz CT molecular complexity index is 264. The third-order valence-electron chi connectivity index (χ3n) is 2.69. The van der Waals surface area contributed by atoms with Gasteiger partial charge in [-0.2, -0.15) is 0 Å². The molecule has 3 N–H and O–H groups in total. The van der Waals surface area contributed by atoms with Crippen LogP contribution in [0.3, 0.4) is 0 Å². The summed E-state index contributed by atoms with van der Waals surface area (Å²) in [5, 5.41) is 13.9. The van der Waals surface area contributed by atoms with Gasteiger partial charge in [0.1, 0.15) is 0 Å². The number of ether oxygens (including phenoxy) is 1. The van der Waals surface area contributed by atoms with E-state index in [1.54, 1.807) is 0 Å².